The molecule has 0 aliphatic rings. The van der Waals surface area contributed by atoms with Gasteiger partial charge in [0.1, 0.15) is 0 Å². The van der Waals surface area contributed by atoms with Crippen LogP contribution in [-0.4, -0.2) is 10.2 Å². The summed E-state index contributed by atoms with van der Waals surface area (Å²) in [6.45, 7) is 0. The minimum absolute atomic E-state index is 1.25. The van der Waals surface area contributed by atoms with E-state index in [2.05, 4.69) is 4.98 Å². The molecule has 1 aromatic heterocycles. The summed E-state index contributed by atoms with van der Waals surface area (Å²) in [4.78, 5) is 11.9. The molecule has 1 rings (SSSR count). The molecule has 8 heavy (non-hydrogen) atoms. The van der Waals surface area contributed by atoms with Crippen molar-refractivity contribution in [1.29, 1.82) is 0 Å². The SMILES string of the molecule is O=NO.c1cscn1. The van der Waals surface area contributed by atoms with Crippen molar-refractivity contribution in [2.45, 2.75) is 0 Å². The highest BCUT2D eigenvalue weighted by Gasteiger charge is 1.59. The maximum Gasteiger partial charge on any atom is 0.152 e. The third-order valence-electron chi connectivity index (χ3n) is 0.347. The summed E-state index contributed by atoms with van der Waals surface area (Å²) in [5.41, 5.74) is 1.79. The van der Waals surface area contributed by atoms with E-state index in [0.717, 1.165) is 0 Å². The molecular weight excluding hydrogens is 128 g/mol. The Morgan fingerprint density at radius 1 is 1.75 bits per heavy atom. The Labute approximate surface area is 49.7 Å². The zero-order chi connectivity index (χ0) is 6.24. The highest BCUT2D eigenvalue weighted by atomic mass is 32.1. The van der Waals surface area contributed by atoms with Gasteiger partial charge in [0.05, 0.1) is 5.51 Å². The monoisotopic (exact) mass is 132 g/mol. The minimum Gasteiger partial charge on any atom is -0.379 e. The molecule has 0 saturated carbocycles. The number of hydrogen-bond acceptors (Lipinski definition) is 4. The molecule has 1 aromatic rings. The van der Waals surface area contributed by atoms with Crippen LogP contribution in [0.5, 0.6) is 0 Å². The largest absolute Gasteiger partial charge is 0.379 e. The normalized spacial score (nSPS) is 6.50. The molecule has 0 amide bonds. The molecule has 0 bridgehead atoms. The Balaban J connectivity index is 0.000000145. The number of nitrogens with zero attached hydrogens (tertiary/aromatic N) is 2. The third-order valence-corrected chi connectivity index (χ3v) is 0.869. The first kappa shape index (κ1) is 7.03. The highest BCUT2D eigenvalue weighted by molar-refractivity contribution is 7.07. The van der Waals surface area contributed by atoms with Gasteiger partial charge < -0.3 is 5.21 Å². The standard InChI is InChI=1S/C3H3NS.HNO2/c1-2-5-3-4-1;2-1-3/h1-3H;(H,2,3). The predicted octanol–water partition coefficient (Wildman–Crippen LogP) is 1.29. The molecular formula is C3H4N2O2S. The van der Waals surface area contributed by atoms with E-state index in [4.69, 9.17) is 10.1 Å². The fourth-order valence-electron chi connectivity index (χ4n) is 0.176. The van der Waals surface area contributed by atoms with E-state index in [9.17, 15) is 0 Å². The Morgan fingerprint density at radius 2 is 2.38 bits per heavy atom. The molecule has 0 radical (unpaired) electrons. The lowest BCUT2D eigenvalue weighted by Crippen LogP contribution is -1.38. The van der Waals surface area contributed by atoms with Gasteiger partial charge >= 0.3 is 0 Å². The van der Waals surface area contributed by atoms with Crippen LogP contribution >= 0.6 is 11.3 Å². The Hall–Kier alpha value is -0.970. The van der Waals surface area contributed by atoms with Crippen LogP contribution in [0.1, 0.15) is 0 Å². The fourth-order valence-corrected chi connectivity index (χ4v) is 0.527. The smallest absolute Gasteiger partial charge is 0.152 e. The lowest BCUT2D eigenvalue weighted by molar-refractivity contribution is 0.312. The molecule has 0 spiro atoms. The van der Waals surface area contributed by atoms with Crippen molar-refractivity contribution in [3.8, 4) is 0 Å². The summed E-state index contributed by atoms with van der Waals surface area (Å²) in [5.74, 6) is 0. The van der Waals surface area contributed by atoms with Gasteiger partial charge in [0, 0.05) is 11.6 Å². The molecule has 0 aromatic carbocycles. The number of rotatable bonds is 0. The van der Waals surface area contributed by atoms with Crippen molar-refractivity contribution in [1.82, 2.24) is 4.98 Å². The van der Waals surface area contributed by atoms with Crippen LogP contribution in [0.4, 0.5) is 0 Å². The summed E-state index contributed by atoms with van der Waals surface area (Å²) in [6, 6.07) is 0. The predicted molar refractivity (Wildman–Crippen MR) is 29.7 cm³/mol. The van der Waals surface area contributed by atoms with E-state index in [1.807, 2.05) is 5.38 Å². The van der Waals surface area contributed by atoms with Gasteiger partial charge in [-0.05, 0) is 0 Å². The average Bonchev–Trinajstić information content (AvgIpc) is 2.17. The van der Waals surface area contributed by atoms with Crippen LogP contribution in [0, 0.1) is 4.91 Å². The first-order valence-corrected chi connectivity index (χ1v) is 2.65. The summed E-state index contributed by atoms with van der Waals surface area (Å²) < 4.78 is 0. The highest BCUT2D eigenvalue weighted by Crippen LogP contribution is 1.85. The summed E-state index contributed by atoms with van der Waals surface area (Å²) in [6.07, 6.45) is 1.77. The van der Waals surface area contributed by atoms with Gasteiger partial charge in [-0.1, -0.05) is 0 Å². The van der Waals surface area contributed by atoms with E-state index in [1.165, 1.54) is 5.34 Å². The first-order valence-electron chi connectivity index (χ1n) is 1.70. The lowest BCUT2D eigenvalue weighted by atomic mass is 11.0. The fraction of sp³-hybridized carbons (Fsp3) is 0. The number of aromatic nitrogens is 1. The quantitative estimate of drug-likeness (QED) is 0.427. The van der Waals surface area contributed by atoms with E-state index in [0.29, 0.717) is 0 Å². The second-order valence-corrected chi connectivity index (χ2v) is 1.51. The van der Waals surface area contributed by atoms with E-state index in [-0.39, 0.29) is 0 Å². The Kier molecular flexibility index (Phi) is 5.30. The minimum atomic E-state index is 1.25. The van der Waals surface area contributed by atoms with Gasteiger partial charge in [-0.3, -0.25) is 4.98 Å². The molecule has 1 N–H and O–H groups in total. The second kappa shape index (κ2) is 6.03. The van der Waals surface area contributed by atoms with Crippen molar-refractivity contribution in [3.63, 3.8) is 0 Å². The van der Waals surface area contributed by atoms with Crippen LogP contribution in [0.15, 0.2) is 22.4 Å². The average molecular weight is 132 g/mol. The summed E-state index contributed by atoms with van der Waals surface area (Å²) in [5, 5.41) is 9.82. The molecule has 5 heteroatoms. The van der Waals surface area contributed by atoms with Crippen molar-refractivity contribution in [2.75, 3.05) is 0 Å². The Morgan fingerprint density at radius 3 is 2.50 bits per heavy atom. The van der Waals surface area contributed by atoms with Crippen molar-refractivity contribution < 1.29 is 5.21 Å². The van der Waals surface area contributed by atoms with Crippen molar-refractivity contribution >= 4 is 11.3 Å². The van der Waals surface area contributed by atoms with Gasteiger partial charge in [-0.2, -0.15) is 0 Å². The van der Waals surface area contributed by atoms with E-state index < -0.39 is 0 Å². The third kappa shape index (κ3) is 5.03. The molecule has 0 saturated heterocycles. The summed E-state index contributed by atoms with van der Waals surface area (Å²) in [7, 11) is 0. The molecule has 0 aliphatic heterocycles. The van der Waals surface area contributed by atoms with Crippen LogP contribution < -0.4 is 0 Å². The molecule has 44 valence electrons. The molecule has 4 nitrogen and oxygen atoms in total. The maximum absolute atomic E-state index is 8.11. The first-order chi connectivity index (χ1) is 3.91. The maximum atomic E-state index is 8.11. The molecule has 1 heterocycles. The zero-order valence-corrected chi connectivity index (χ0v) is 4.71. The second-order valence-electron chi connectivity index (χ2n) is 0.757. The van der Waals surface area contributed by atoms with E-state index >= 15 is 0 Å². The van der Waals surface area contributed by atoms with Crippen LogP contribution in [0.2, 0.25) is 0 Å². The van der Waals surface area contributed by atoms with Gasteiger partial charge in [0.2, 0.25) is 0 Å². The zero-order valence-electron chi connectivity index (χ0n) is 3.89. The molecule has 0 unspecified atom stereocenters. The topological polar surface area (TPSA) is 62.5 Å². The van der Waals surface area contributed by atoms with Crippen molar-refractivity contribution in [3.05, 3.63) is 22.0 Å². The summed E-state index contributed by atoms with van der Waals surface area (Å²) >= 11 is 1.60. The van der Waals surface area contributed by atoms with Crippen molar-refractivity contribution in [2.24, 2.45) is 5.34 Å². The van der Waals surface area contributed by atoms with Gasteiger partial charge in [-0.25, -0.2) is 0 Å². The van der Waals surface area contributed by atoms with Crippen LogP contribution in [0.3, 0.4) is 0 Å². The number of hydrogen-bond donors (Lipinski definition) is 1. The van der Waals surface area contributed by atoms with E-state index in [1.54, 1.807) is 23.0 Å². The van der Waals surface area contributed by atoms with Crippen LogP contribution in [0.25, 0.3) is 0 Å². The lowest BCUT2D eigenvalue weighted by Gasteiger charge is -1.41. The van der Waals surface area contributed by atoms with Crippen LogP contribution in [-0.2, 0) is 0 Å². The van der Waals surface area contributed by atoms with Gasteiger partial charge in [-0.15, -0.1) is 16.2 Å². The van der Waals surface area contributed by atoms with Gasteiger partial charge in [0.15, 0.2) is 5.34 Å². The molecule has 0 atom stereocenters. The molecule has 0 fully saturated rings. The number of thiazole rings is 1. The molecule has 0 aliphatic carbocycles. The Bertz CT molecular complexity index is 102. The van der Waals surface area contributed by atoms with Gasteiger partial charge in [0.25, 0.3) is 0 Å².